The summed E-state index contributed by atoms with van der Waals surface area (Å²) in [7, 11) is 0. The van der Waals surface area contributed by atoms with Gasteiger partial charge in [-0.25, -0.2) is 4.98 Å². The number of nitrogens with zero attached hydrogens (tertiary/aromatic N) is 2. The normalized spacial score (nSPS) is 10.4. The van der Waals surface area contributed by atoms with Gasteiger partial charge in [0, 0.05) is 19.5 Å². The second kappa shape index (κ2) is 6.10. The molecular weight excluding hydrogens is 242 g/mol. The van der Waals surface area contributed by atoms with E-state index in [0.717, 1.165) is 17.5 Å². The standard InChI is InChI=1S/C13H17N5O/c1-2-11-16-12(18-17-11)13(19)15-8-10-6-4-3-5-9(10)7-14/h3-6H,2,7-8,14H2,1H3,(H,15,19)(H,16,17,18). The van der Waals surface area contributed by atoms with Gasteiger partial charge in [-0.15, -0.1) is 5.10 Å². The number of benzene rings is 1. The van der Waals surface area contributed by atoms with Crippen LogP contribution < -0.4 is 11.1 Å². The molecule has 0 spiro atoms. The highest BCUT2D eigenvalue weighted by Gasteiger charge is 2.11. The van der Waals surface area contributed by atoms with E-state index in [2.05, 4.69) is 20.5 Å². The highest BCUT2D eigenvalue weighted by atomic mass is 16.2. The molecule has 6 nitrogen and oxygen atoms in total. The van der Waals surface area contributed by atoms with Crippen LogP contribution in [0.3, 0.4) is 0 Å². The number of amides is 1. The van der Waals surface area contributed by atoms with E-state index in [-0.39, 0.29) is 11.7 Å². The first-order chi connectivity index (χ1) is 9.24. The molecule has 0 aliphatic carbocycles. The Kier molecular flexibility index (Phi) is 4.25. The quantitative estimate of drug-likeness (QED) is 0.738. The van der Waals surface area contributed by atoms with Crippen LogP contribution in [0.1, 0.15) is 34.5 Å². The van der Waals surface area contributed by atoms with Gasteiger partial charge in [-0.1, -0.05) is 31.2 Å². The molecule has 1 heterocycles. The van der Waals surface area contributed by atoms with Crippen molar-refractivity contribution >= 4 is 5.91 Å². The van der Waals surface area contributed by atoms with Gasteiger partial charge in [0.2, 0.25) is 5.82 Å². The molecule has 2 rings (SSSR count). The monoisotopic (exact) mass is 259 g/mol. The molecule has 0 saturated carbocycles. The van der Waals surface area contributed by atoms with Gasteiger partial charge < -0.3 is 11.1 Å². The smallest absolute Gasteiger partial charge is 0.291 e. The molecule has 2 aromatic rings. The Bertz CT molecular complexity index is 564. The SMILES string of the molecule is CCc1nc(C(=O)NCc2ccccc2CN)n[nH]1. The van der Waals surface area contributed by atoms with E-state index in [9.17, 15) is 4.79 Å². The molecule has 1 amide bonds. The Labute approximate surface area is 111 Å². The predicted molar refractivity (Wildman–Crippen MR) is 71.3 cm³/mol. The van der Waals surface area contributed by atoms with Crippen LogP contribution in [-0.2, 0) is 19.5 Å². The number of rotatable bonds is 5. The second-order valence-corrected chi connectivity index (χ2v) is 4.11. The molecule has 0 radical (unpaired) electrons. The lowest BCUT2D eigenvalue weighted by Crippen LogP contribution is -2.24. The molecule has 6 heteroatoms. The fourth-order valence-electron chi connectivity index (χ4n) is 1.74. The number of carbonyl (C=O) groups is 1. The molecule has 0 aliphatic heterocycles. The molecule has 4 N–H and O–H groups in total. The number of nitrogens with two attached hydrogens (primary N) is 1. The van der Waals surface area contributed by atoms with Gasteiger partial charge in [0.15, 0.2) is 0 Å². The molecule has 1 aromatic heterocycles. The first-order valence-electron chi connectivity index (χ1n) is 6.21. The third-order valence-electron chi connectivity index (χ3n) is 2.85. The maximum atomic E-state index is 11.9. The van der Waals surface area contributed by atoms with E-state index < -0.39 is 0 Å². The molecule has 19 heavy (non-hydrogen) atoms. The van der Waals surface area contributed by atoms with E-state index in [4.69, 9.17) is 5.73 Å². The van der Waals surface area contributed by atoms with Crippen molar-refractivity contribution in [3.63, 3.8) is 0 Å². The number of hydrogen-bond acceptors (Lipinski definition) is 4. The van der Waals surface area contributed by atoms with E-state index in [0.29, 0.717) is 18.9 Å². The Hall–Kier alpha value is -2.21. The van der Waals surface area contributed by atoms with Gasteiger partial charge in [-0.05, 0) is 11.1 Å². The Morgan fingerprint density at radius 3 is 2.74 bits per heavy atom. The van der Waals surface area contributed by atoms with Crippen LogP contribution >= 0.6 is 0 Å². The molecule has 0 saturated heterocycles. The summed E-state index contributed by atoms with van der Waals surface area (Å²) in [4.78, 5) is 15.9. The van der Waals surface area contributed by atoms with E-state index in [1.807, 2.05) is 31.2 Å². The maximum Gasteiger partial charge on any atom is 0.291 e. The summed E-state index contributed by atoms with van der Waals surface area (Å²) >= 11 is 0. The minimum absolute atomic E-state index is 0.169. The summed E-state index contributed by atoms with van der Waals surface area (Å²) in [6.45, 7) is 2.81. The van der Waals surface area contributed by atoms with Crippen molar-refractivity contribution in [1.82, 2.24) is 20.5 Å². The summed E-state index contributed by atoms with van der Waals surface area (Å²) in [6, 6.07) is 7.74. The van der Waals surface area contributed by atoms with Crippen molar-refractivity contribution in [3.8, 4) is 0 Å². The van der Waals surface area contributed by atoms with Crippen LogP contribution in [0.15, 0.2) is 24.3 Å². The van der Waals surface area contributed by atoms with Crippen LogP contribution in [0, 0.1) is 0 Å². The molecule has 0 fully saturated rings. The van der Waals surface area contributed by atoms with Crippen LogP contribution in [-0.4, -0.2) is 21.1 Å². The summed E-state index contributed by atoms with van der Waals surface area (Å²) < 4.78 is 0. The third kappa shape index (κ3) is 3.17. The zero-order chi connectivity index (χ0) is 13.7. The van der Waals surface area contributed by atoms with Crippen LogP contribution in [0.25, 0.3) is 0 Å². The molecule has 0 unspecified atom stereocenters. The van der Waals surface area contributed by atoms with Gasteiger partial charge in [0.1, 0.15) is 5.82 Å². The number of aryl methyl sites for hydroxylation is 1. The molecule has 0 atom stereocenters. The Balaban J connectivity index is 2.00. The summed E-state index contributed by atoms with van der Waals surface area (Å²) in [5, 5.41) is 9.37. The zero-order valence-electron chi connectivity index (χ0n) is 10.8. The first-order valence-corrected chi connectivity index (χ1v) is 6.21. The second-order valence-electron chi connectivity index (χ2n) is 4.11. The third-order valence-corrected chi connectivity index (χ3v) is 2.85. The van der Waals surface area contributed by atoms with Crippen molar-refractivity contribution < 1.29 is 4.79 Å². The van der Waals surface area contributed by atoms with Gasteiger partial charge in [0.05, 0.1) is 0 Å². The number of aromatic amines is 1. The highest BCUT2D eigenvalue weighted by molar-refractivity contribution is 5.90. The van der Waals surface area contributed by atoms with Gasteiger partial charge in [0.25, 0.3) is 5.91 Å². The summed E-state index contributed by atoms with van der Waals surface area (Å²) in [6.07, 6.45) is 0.719. The average Bonchev–Trinajstić information content (AvgIpc) is 2.94. The van der Waals surface area contributed by atoms with Crippen LogP contribution in [0.5, 0.6) is 0 Å². The summed E-state index contributed by atoms with van der Waals surface area (Å²) in [5.41, 5.74) is 7.67. The highest BCUT2D eigenvalue weighted by Crippen LogP contribution is 2.07. The van der Waals surface area contributed by atoms with Gasteiger partial charge >= 0.3 is 0 Å². The Morgan fingerprint density at radius 1 is 1.37 bits per heavy atom. The van der Waals surface area contributed by atoms with Gasteiger partial charge in [-0.3, -0.25) is 9.89 Å². The number of nitrogens with one attached hydrogen (secondary N) is 2. The largest absolute Gasteiger partial charge is 0.345 e. The van der Waals surface area contributed by atoms with Crippen molar-refractivity contribution in [2.45, 2.75) is 26.4 Å². The van der Waals surface area contributed by atoms with Crippen LogP contribution in [0.4, 0.5) is 0 Å². The molecule has 0 bridgehead atoms. The molecular formula is C13H17N5O. The Morgan fingerprint density at radius 2 is 2.11 bits per heavy atom. The zero-order valence-corrected chi connectivity index (χ0v) is 10.8. The fourth-order valence-corrected chi connectivity index (χ4v) is 1.74. The minimum Gasteiger partial charge on any atom is -0.345 e. The maximum absolute atomic E-state index is 11.9. The number of carbonyl (C=O) groups excluding carboxylic acids is 1. The molecule has 100 valence electrons. The van der Waals surface area contributed by atoms with Crippen molar-refractivity contribution in [2.24, 2.45) is 5.73 Å². The lowest BCUT2D eigenvalue weighted by molar-refractivity contribution is 0.0941. The van der Waals surface area contributed by atoms with Crippen LogP contribution in [0.2, 0.25) is 0 Å². The van der Waals surface area contributed by atoms with E-state index >= 15 is 0 Å². The topological polar surface area (TPSA) is 96.7 Å². The number of H-pyrrole nitrogens is 1. The van der Waals surface area contributed by atoms with E-state index in [1.165, 1.54) is 0 Å². The molecule has 1 aromatic carbocycles. The number of aromatic nitrogens is 3. The lowest BCUT2D eigenvalue weighted by Gasteiger charge is -2.07. The fraction of sp³-hybridized carbons (Fsp3) is 0.308. The number of hydrogen-bond donors (Lipinski definition) is 3. The van der Waals surface area contributed by atoms with Crippen molar-refractivity contribution in [3.05, 3.63) is 47.0 Å². The average molecular weight is 259 g/mol. The first kappa shape index (κ1) is 13.2. The lowest BCUT2D eigenvalue weighted by atomic mass is 10.1. The molecule has 0 aliphatic rings. The van der Waals surface area contributed by atoms with Crippen molar-refractivity contribution in [2.75, 3.05) is 0 Å². The summed E-state index contributed by atoms with van der Waals surface area (Å²) in [5.74, 6) is 0.581. The minimum atomic E-state index is -0.289. The predicted octanol–water partition coefficient (Wildman–Crippen LogP) is 0.756. The van der Waals surface area contributed by atoms with Gasteiger partial charge in [-0.2, -0.15) is 0 Å². The van der Waals surface area contributed by atoms with E-state index in [1.54, 1.807) is 0 Å². The van der Waals surface area contributed by atoms with Crippen molar-refractivity contribution in [1.29, 1.82) is 0 Å².